The van der Waals surface area contributed by atoms with Gasteiger partial charge in [-0.3, -0.25) is 4.79 Å². The average Bonchev–Trinajstić information content (AvgIpc) is 3.43. The summed E-state index contributed by atoms with van der Waals surface area (Å²) in [6.45, 7) is 2.34. The minimum atomic E-state index is -4.71. The maximum absolute atomic E-state index is 13.4. The van der Waals surface area contributed by atoms with Crippen LogP contribution in [0.3, 0.4) is 0 Å². The van der Waals surface area contributed by atoms with Crippen LogP contribution in [0.4, 0.5) is 19.1 Å². The molecule has 0 saturated heterocycles. The second kappa shape index (κ2) is 7.54. The predicted octanol–water partition coefficient (Wildman–Crippen LogP) is 4.70. The number of hydrogen-bond acceptors (Lipinski definition) is 6. The van der Waals surface area contributed by atoms with Gasteiger partial charge in [-0.15, -0.1) is 5.10 Å². The Morgan fingerprint density at radius 2 is 2.00 bits per heavy atom. The van der Waals surface area contributed by atoms with Crippen molar-refractivity contribution in [2.45, 2.75) is 37.9 Å². The Kier molecular flexibility index (Phi) is 4.79. The van der Waals surface area contributed by atoms with Crippen molar-refractivity contribution in [2.75, 3.05) is 11.9 Å². The number of rotatable bonds is 4. The van der Waals surface area contributed by atoms with E-state index in [4.69, 9.17) is 9.15 Å². The Bertz CT molecular complexity index is 1180. The van der Waals surface area contributed by atoms with Gasteiger partial charge in [0.25, 0.3) is 5.82 Å². The number of nitrogens with one attached hydrogen (secondary N) is 1. The van der Waals surface area contributed by atoms with Crippen molar-refractivity contribution in [1.29, 1.82) is 0 Å². The third kappa shape index (κ3) is 3.45. The normalized spacial score (nSPS) is 20.6. The number of carbonyl (C=O) groups excluding carboxylic acids is 1. The third-order valence-electron chi connectivity index (χ3n) is 5.63. The fourth-order valence-electron chi connectivity index (χ4n) is 4.28. The molecule has 1 aromatic carbocycles. The topological polar surface area (TPSA) is 82.2 Å². The maximum Gasteiger partial charge on any atom is 0.453 e. The van der Waals surface area contributed by atoms with E-state index in [1.165, 1.54) is 6.26 Å². The second-order valence-corrected chi connectivity index (χ2v) is 7.67. The summed E-state index contributed by atoms with van der Waals surface area (Å²) in [5.41, 5.74) is 1.55. The maximum atomic E-state index is 13.4. The van der Waals surface area contributed by atoms with Gasteiger partial charge in [-0.05, 0) is 43.2 Å². The van der Waals surface area contributed by atoms with Crippen LogP contribution in [-0.2, 0) is 11.0 Å². The standard InChI is InChI=1S/C22H19F3N4O3/c1-2-31-14-7-5-12(6-8-14)19-18-15(10-13(11-16(18)30)17-4-3-9-32-17)26-21-27-20(22(23,24)25)28-29(19)21/h3-9,13,19H,2,10-11H2,1H3,(H,26,27,28)/t13-,19+/m0/s1. The molecular weight excluding hydrogens is 425 g/mol. The summed E-state index contributed by atoms with van der Waals surface area (Å²) < 4.78 is 52.2. The Labute approximate surface area is 180 Å². The molecule has 5 rings (SSSR count). The number of benzene rings is 1. The van der Waals surface area contributed by atoms with Gasteiger partial charge in [0.2, 0.25) is 5.95 Å². The molecule has 10 heteroatoms. The van der Waals surface area contributed by atoms with E-state index < -0.39 is 18.0 Å². The molecule has 0 amide bonds. The monoisotopic (exact) mass is 444 g/mol. The van der Waals surface area contributed by atoms with E-state index in [0.29, 0.717) is 41.4 Å². The summed E-state index contributed by atoms with van der Waals surface area (Å²) >= 11 is 0. The summed E-state index contributed by atoms with van der Waals surface area (Å²) in [5, 5.41) is 6.64. The molecule has 166 valence electrons. The average molecular weight is 444 g/mol. The van der Waals surface area contributed by atoms with Gasteiger partial charge in [0.05, 0.1) is 12.9 Å². The predicted molar refractivity (Wildman–Crippen MR) is 107 cm³/mol. The van der Waals surface area contributed by atoms with Gasteiger partial charge in [0.15, 0.2) is 5.78 Å². The number of anilines is 1. The molecule has 0 unspecified atom stereocenters. The SMILES string of the molecule is CCOc1ccc([C@@H]2C3=C(C[C@H](c4ccco4)CC3=O)Nc3nc(C(F)(F)F)nn32)cc1. The van der Waals surface area contributed by atoms with Crippen molar-refractivity contribution >= 4 is 11.7 Å². The van der Waals surface area contributed by atoms with E-state index in [1.54, 1.807) is 36.4 Å². The Hall–Kier alpha value is -3.56. The summed E-state index contributed by atoms with van der Waals surface area (Å²) in [4.78, 5) is 16.9. The zero-order valence-electron chi connectivity index (χ0n) is 17.0. The molecule has 1 aliphatic heterocycles. The lowest BCUT2D eigenvalue weighted by molar-refractivity contribution is -0.145. The molecule has 0 spiro atoms. The lowest BCUT2D eigenvalue weighted by Gasteiger charge is -2.34. The zero-order chi connectivity index (χ0) is 22.5. The summed E-state index contributed by atoms with van der Waals surface area (Å²) in [7, 11) is 0. The fourth-order valence-corrected chi connectivity index (χ4v) is 4.28. The highest BCUT2D eigenvalue weighted by molar-refractivity contribution is 6.00. The molecule has 0 fully saturated rings. The number of ether oxygens (including phenoxy) is 1. The number of nitrogens with zero attached hydrogens (tertiary/aromatic N) is 3. The van der Waals surface area contributed by atoms with Gasteiger partial charge >= 0.3 is 6.18 Å². The number of alkyl halides is 3. The van der Waals surface area contributed by atoms with Gasteiger partial charge < -0.3 is 14.5 Å². The van der Waals surface area contributed by atoms with Crippen molar-refractivity contribution in [1.82, 2.24) is 14.8 Å². The Balaban J connectivity index is 1.61. The summed E-state index contributed by atoms with van der Waals surface area (Å²) in [6.07, 6.45) is -2.57. The van der Waals surface area contributed by atoms with Crippen molar-refractivity contribution in [3.05, 3.63) is 71.1 Å². The van der Waals surface area contributed by atoms with Crippen LogP contribution in [0.25, 0.3) is 0 Å². The lowest BCUT2D eigenvalue weighted by atomic mass is 9.79. The first-order valence-electron chi connectivity index (χ1n) is 10.2. The molecule has 1 N–H and O–H groups in total. The summed E-state index contributed by atoms with van der Waals surface area (Å²) in [5.74, 6) is -0.405. The molecule has 2 aliphatic rings. The minimum Gasteiger partial charge on any atom is -0.494 e. The van der Waals surface area contributed by atoms with Crippen LogP contribution in [0.2, 0.25) is 0 Å². The number of Topliss-reactive ketones (excluding diaryl/α,β-unsaturated/α-hetero) is 1. The van der Waals surface area contributed by atoms with Crippen LogP contribution in [0, 0.1) is 0 Å². The van der Waals surface area contributed by atoms with Crippen molar-refractivity contribution < 1.29 is 27.1 Å². The van der Waals surface area contributed by atoms with Crippen molar-refractivity contribution in [3.63, 3.8) is 0 Å². The van der Waals surface area contributed by atoms with E-state index in [-0.39, 0.29) is 24.1 Å². The van der Waals surface area contributed by atoms with Gasteiger partial charge in [0.1, 0.15) is 17.6 Å². The Morgan fingerprint density at radius 3 is 2.66 bits per heavy atom. The van der Waals surface area contributed by atoms with Crippen LogP contribution in [-0.4, -0.2) is 27.2 Å². The lowest BCUT2D eigenvalue weighted by Crippen LogP contribution is -2.33. The zero-order valence-corrected chi connectivity index (χ0v) is 17.0. The number of furan rings is 1. The van der Waals surface area contributed by atoms with Crippen molar-refractivity contribution in [2.24, 2.45) is 0 Å². The molecule has 1 aliphatic carbocycles. The number of aromatic nitrogens is 3. The minimum absolute atomic E-state index is 0.0529. The molecular formula is C22H19F3N4O3. The molecule has 0 bridgehead atoms. The molecule has 7 nitrogen and oxygen atoms in total. The molecule has 32 heavy (non-hydrogen) atoms. The number of ketones is 1. The van der Waals surface area contributed by atoms with Crippen LogP contribution >= 0.6 is 0 Å². The van der Waals surface area contributed by atoms with E-state index in [2.05, 4.69) is 15.4 Å². The first kappa shape index (κ1) is 20.3. The van der Waals surface area contributed by atoms with E-state index in [0.717, 1.165) is 4.68 Å². The van der Waals surface area contributed by atoms with E-state index in [9.17, 15) is 18.0 Å². The number of allylic oxidation sites excluding steroid dienone is 2. The van der Waals surface area contributed by atoms with E-state index >= 15 is 0 Å². The first-order valence-corrected chi connectivity index (χ1v) is 10.2. The molecule has 0 radical (unpaired) electrons. The number of hydrogen-bond donors (Lipinski definition) is 1. The summed E-state index contributed by atoms with van der Waals surface area (Å²) in [6, 6.07) is 9.62. The van der Waals surface area contributed by atoms with Crippen LogP contribution < -0.4 is 10.1 Å². The second-order valence-electron chi connectivity index (χ2n) is 7.67. The molecule has 2 atom stereocenters. The van der Waals surface area contributed by atoms with Gasteiger partial charge in [-0.25, -0.2) is 4.68 Å². The Morgan fingerprint density at radius 1 is 1.22 bits per heavy atom. The van der Waals surface area contributed by atoms with E-state index in [1.807, 2.05) is 6.92 Å². The van der Waals surface area contributed by atoms with Crippen LogP contribution in [0.5, 0.6) is 5.75 Å². The fraction of sp³-hybridized carbons (Fsp3) is 0.318. The molecule has 2 aromatic heterocycles. The quantitative estimate of drug-likeness (QED) is 0.628. The van der Waals surface area contributed by atoms with Gasteiger partial charge in [-0.2, -0.15) is 18.2 Å². The largest absolute Gasteiger partial charge is 0.494 e. The molecule has 3 aromatic rings. The highest BCUT2D eigenvalue weighted by Crippen LogP contribution is 2.45. The number of carbonyl (C=O) groups is 1. The highest BCUT2D eigenvalue weighted by atomic mass is 19.4. The smallest absolute Gasteiger partial charge is 0.453 e. The number of fused-ring (bicyclic) bond motifs is 1. The van der Waals surface area contributed by atoms with Gasteiger partial charge in [-0.1, -0.05) is 12.1 Å². The van der Waals surface area contributed by atoms with Gasteiger partial charge in [0, 0.05) is 23.6 Å². The molecule has 0 saturated carbocycles. The first-order chi connectivity index (χ1) is 15.3. The van der Waals surface area contributed by atoms with Crippen LogP contribution in [0.1, 0.15) is 48.9 Å². The molecule has 3 heterocycles. The highest BCUT2D eigenvalue weighted by Gasteiger charge is 2.43. The van der Waals surface area contributed by atoms with Crippen LogP contribution in [0.15, 0.2) is 58.3 Å². The number of halogens is 3. The van der Waals surface area contributed by atoms with Crippen molar-refractivity contribution in [3.8, 4) is 5.75 Å². The third-order valence-corrected chi connectivity index (χ3v) is 5.63.